The van der Waals surface area contributed by atoms with Crippen molar-refractivity contribution in [2.24, 2.45) is 0 Å². The maximum atomic E-state index is 8.69. The Morgan fingerprint density at radius 3 is 2.89 bits per heavy atom. The summed E-state index contributed by atoms with van der Waals surface area (Å²) in [6, 6.07) is 14.3. The zero-order valence-electron chi connectivity index (χ0n) is 9.93. The van der Waals surface area contributed by atoms with E-state index < -0.39 is 0 Å². The molecule has 3 rings (SSSR count). The average molecular weight is 235 g/mol. The number of fused-ring (bicyclic) bond motifs is 1. The molecule has 0 amide bonds. The van der Waals surface area contributed by atoms with E-state index in [0.717, 1.165) is 18.8 Å². The molecule has 1 aromatic carbocycles. The monoisotopic (exact) mass is 235 g/mol. The third-order valence-electron chi connectivity index (χ3n) is 3.38. The molecule has 1 aliphatic rings. The normalized spacial score (nSPS) is 16.3. The first-order valence-corrected chi connectivity index (χ1v) is 6.04. The van der Waals surface area contributed by atoms with Crippen molar-refractivity contribution in [1.29, 1.82) is 5.26 Å². The van der Waals surface area contributed by atoms with Gasteiger partial charge >= 0.3 is 0 Å². The summed E-state index contributed by atoms with van der Waals surface area (Å²) in [6.45, 7) is 0.899. The molecule has 1 N–H and O–H groups in total. The quantitative estimate of drug-likeness (QED) is 0.889. The predicted octanol–water partition coefficient (Wildman–Crippen LogP) is 2.71. The largest absolute Gasteiger partial charge is 0.369 e. The molecule has 18 heavy (non-hydrogen) atoms. The highest BCUT2D eigenvalue weighted by Crippen LogP contribution is 2.34. The van der Waals surface area contributed by atoms with Gasteiger partial charge in [0.2, 0.25) is 0 Å². The van der Waals surface area contributed by atoms with Gasteiger partial charge in [0.25, 0.3) is 0 Å². The number of aromatic nitrogens is 1. The minimum absolute atomic E-state index is 0.582. The van der Waals surface area contributed by atoms with Crippen LogP contribution >= 0.6 is 0 Å². The summed E-state index contributed by atoms with van der Waals surface area (Å²) in [5, 5.41) is 12.0. The highest BCUT2D eigenvalue weighted by Gasteiger charge is 2.24. The maximum absolute atomic E-state index is 8.69. The summed E-state index contributed by atoms with van der Waals surface area (Å²) in [5.74, 6) is 1.41. The van der Waals surface area contributed by atoms with E-state index in [9.17, 15) is 0 Å². The Balaban J connectivity index is 1.61. The summed E-state index contributed by atoms with van der Waals surface area (Å²) < 4.78 is 0. The molecule has 0 spiro atoms. The number of nitriles is 1. The Bertz CT molecular complexity index is 596. The van der Waals surface area contributed by atoms with Crippen molar-refractivity contribution in [2.75, 3.05) is 11.9 Å². The number of hydrogen-bond acceptors (Lipinski definition) is 3. The molecule has 3 nitrogen and oxygen atoms in total. The van der Waals surface area contributed by atoms with Gasteiger partial charge in [-0.15, -0.1) is 0 Å². The van der Waals surface area contributed by atoms with Crippen LogP contribution in [-0.4, -0.2) is 11.5 Å². The summed E-state index contributed by atoms with van der Waals surface area (Å²) in [5.41, 5.74) is 3.49. The highest BCUT2D eigenvalue weighted by atomic mass is 15.0. The summed E-state index contributed by atoms with van der Waals surface area (Å²) in [7, 11) is 0. The van der Waals surface area contributed by atoms with Crippen LogP contribution in [0.4, 0.5) is 5.82 Å². The number of hydrogen-bond donors (Lipinski definition) is 1. The predicted molar refractivity (Wildman–Crippen MR) is 70.3 cm³/mol. The lowest BCUT2D eigenvalue weighted by atomic mass is 9.77. The second kappa shape index (κ2) is 4.50. The third kappa shape index (κ3) is 1.93. The first-order chi connectivity index (χ1) is 8.86. The van der Waals surface area contributed by atoms with E-state index in [-0.39, 0.29) is 0 Å². The van der Waals surface area contributed by atoms with Gasteiger partial charge in [-0.25, -0.2) is 4.98 Å². The molecule has 1 heterocycles. The van der Waals surface area contributed by atoms with Gasteiger partial charge in [-0.2, -0.15) is 5.26 Å². The lowest BCUT2D eigenvalue weighted by Gasteiger charge is -2.30. The fourth-order valence-corrected chi connectivity index (χ4v) is 2.34. The molecule has 1 aromatic heterocycles. The van der Waals surface area contributed by atoms with Crippen molar-refractivity contribution >= 4 is 5.82 Å². The fraction of sp³-hybridized carbons (Fsp3) is 0.200. The first-order valence-electron chi connectivity index (χ1n) is 6.04. The summed E-state index contributed by atoms with van der Waals surface area (Å²) in [4.78, 5) is 4.20. The van der Waals surface area contributed by atoms with Gasteiger partial charge in [-0.05, 0) is 29.7 Å². The molecular formula is C15H13N3. The minimum Gasteiger partial charge on any atom is -0.369 e. The molecule has 1 atom stereocenters. The Morgan fingerprint density at radius 1 is 1.28 bits per heavy atom. The van der Waals surface area contributed by atoms with Gasteiger partial charge < -0.3 is 5.32 Å². The smallest absolute Gasteiger partial charge is 0.125 e. The van der Waals surface area contributed by atoms with Crippen molar-refractivity contribution < 1.29 is 0 Å². The van der Waals surface area contributed by atoms with E-state index in [1.807, 2.05) is 6.07 Å². The molecule has 0 bridgehead atoms. The molecule has 0 radical (unpaired) electrons. The second-order valence-corrected chi connectivity index (χ2v) is 4.52. The van der Waals surface area contributed by atoms with E-state index in [1.54, 1.807) is 12.3 Å². The van der Waals surface area contributed by atoms with Gasteiger partial charge in [-0.1, -0.05) is 24.3 Å². The average Bonchev–Trinajstić information content (AvgIpc) is 2.40. The molecule has 1 aliphatic carbocycles. The Morgan fingerprint density at radius 2 is 2.17 bits per heavy atom. The standard InChI is InChI=1S/C15H13N3/c16-8-11-5-6-15(17-9-11)18-10-13-7-12-3-1-2-4-14(12)13/h1-6,9,13H,7,10H2,(H,17,18). The molecule has 88 valence electrons. The zero-order chi connectivity index (χ0) is 12.4. The van der Waals surface area contributed by atoms with Crippen molar-refractivity contribution in [3.8, 4) is 6.07 Å². The number of anilines is 1. The third-order valence-corrected chi connectivity index (χ3v) is 3.38. The molecule has 1 unspecified atom stereocenters. The topological polar surface area (TPSA) is 48.7 Å². The highest BCUT2D eigenvalue weighted by molar-refractivity contribution is 5.44. The fourth-order valence-electron chi connectivity index (χ4n) is 2.34. The zero-order valence-corrected chi connectivity index (χ0v) is 9.93. The molecule has 2 aromatic rings. The number of rotatable bonds is 3. The van der Waals surface area contributed by atoms with Crippen LogP contribution in [0.25, 0.3) is 0 Å². The van der Waals surface area contributed by atoms with Crippen molar-refractivity contribution in [2.45, 2.75) is 12.3 Å². The summed E-state index contributed by atoms with van der Waals surface area (Å²) >= 11 is 0. The second-order valence-electron chi connectivity index (χ2n) is 4.52. The number of benzene rings is 1. The van der Waals surface area contributed by atoms with E-state index >= 15 is 0 Å². The van der Waals surface area contributed by atoms with Gasteiger partial charge in [0.15, 0.2) is 0 Å². The van der Waals surface area contributed by atoms with Crippen LogP contribution in [0.2, 0.25) is 0 Å². The van der Waals surface area contributed by atoms with Gasteiger partial charge in [0.05, 0.1) is 5.56 Å². The van der Waals surface area contributed by atoms with Crippen molar-refractivity contribution in [1.82, 2.24) is 4.98 Å². The Hall–Kier alpha value is -2.34. The number of nitrogens with one attached hydrogen (secondary N) is 1. The minimum atomic E-state index is 0.582. The SMILES string of the molecule is N#Cc1ccc(NCC2Cc3ccccc32)nc1. The Labute approximate surface area is 106 Å². The molecule has 0 saturated heterocycles. The summed E-state index contributed by atoms with van der Waals surface area (Å²) in [6.07, 6.45) is 2.73. The van der Waals surface area contributed by atoms with Crippen LogP contribution in [0.5, 0.6) is 0 Å². The van der Waals surface area contributed by atoms with Crippen LogP contribution in [0, 0.1) is 11.3 Å². The molecule has 0 saturated carbocycles. The lowest BCUT2D eigenvalue weighted by Crippen LogP contribution is -2.24. The van der Waals surface area contributed by atoms with E-state index in [0.29, 0.717) is 11.5 Å². The first kappa shape index (κ1) is 10.8. The Kier molecular flexibility index (Phi) is 2.70. The molecule has 0 aliphatic heterocycles. The molecular weight excluding hydrogens is 222 g/mol. The van der Waals surface area contributed by atoms with E-state index in [4.69, 9.17) is 5.26 Å². The molecule has 0 fully saturated rings. The van der Waals surface area contributed by atoms with Gasteiger partial charge in [0, 0.05) is 18.7 Å². The van der Waals surface area contributed by atoms with E-state index in [1.165, 1.54) is 11.1 Å². The maximum Gasteiger partial charge on any atom is 0.125 e. The number of pyridine rings is 1. The number of nitrogens with zero attached hydrogens (tertiary/aromatic N) is 2. The van der Waals surface area contributed by atoms with Crippen LogP contribution in [0.3, 0.4) is 0 Å². The lowest BCUT2D eigenvalue weighted by molar-refractivity contribution is 0.634. The van der Waals surface area contributed by atoms with Crippen LogP contribution < -0.4 is 5.32 Å². The van der Waals surface area contributed by atoms with Gasteiger partial charge in [0.1, 0.15) is 11.9 Å². The molecule has 3 heteroatoms. The van der Waals surface area contributed by atoms with E-state index in [2.05, 4.69) is 40.6 Å². The van der Waals surface area contributed by atoms with Crippen LogP contribution in [0.15, 0.2) is 42.6 Å². The van der Waals surface area contributed by atoms with Gasteiger partial charge in [-0.3, -0.25) is 0 Å². The van der Waals surface area contributed by atoms with Crippen LogP contribution in [-0.2, 0) is 6.42 Å². The van der Waals surface area contributed by atoms with Crippen molar-refractivity contribution in [3.05, 3.63) is 59.3 Å². The van der Waals surface area contributed by atoms with Crippen LogP contribution in [0.1, 0.15) is 22.6 Å². The van der Waals surface area contributed by atoms with Crippen molar-refractivity contribution in [3.63, 3.8) is 0 Å².